The molecule has 0 bridgehead atoms. The van der Waals surface area contributed by atoms with Crippen LogP contribution in [0, 0.1) is 10.1 Å². The second-order valence-corrected chi connectivity index (χ2v) is 6.50. The topological polar surface area (TPSA) is 111 Å². The summed E-state index contributed by atoms with van der Waals surface area (Å²) in [6.45, 7) is 2.05. The fourth-order valence-electron chi connectivity index (χ4n) is 2.33. The number of carbonyl (C=O) groups is 1. The first-order valence-electron chi connectivity index (χ1n) is 8.15. The second-order valence-electron chi connectivity index (χ2n) is 5.57. The summed E-state index contributed by atoms with van der Waals surface area (Å²) < 4.78 is 5.48. The van der Waals surface area contributed by atoms with Gasteiger partial charge in [-0.25, -0.2) is 0 Å². The zero-order valence-corrected chi connectivity index (χ0v) is 15.2. The molecular weight excluding hydrogens is 368 g/mol. The molecule has 2 aromatic carbocycles. The normalized spacial score (nSPS) is 10.6. The number of nitrogens with one attached hydrogen (secondary N) is 1. The smallest absolute Gasteiger partial charge is 0.277 e. The van der Waals surface area contributed by atoms with Gasteiger partial charge in [-0.3, -0.25) is 14.9 Å². The molecular formula is C18H16N4O4S. The lowest BCUT2D eigenvalue weighted by molar-refractivity contribution is -0.384. The average molecular weight is 384 g/mol. The molecule has 138 valence electrons. The summed E-state index contributed by atoms with van der Waals surface area (Å²) in [6, 6.07) is 13.6. The highest BCUT2D eigenvalue weighted by molar-refractivity contribution is 7.99. The summed E-state index contributed by atoms with van der Waals surface area (Å²) >= 11 is 1.10. The zero-order valence-electron chi connectivity index (χ0n) is 14.4. The van der Waals surface area contributed by atoms with Crippen LogP contribution in [0.5, 0.6) is 0 Å². The van der Waals surface area contributed by atoms with Crippen molar-refractivity contribution in [2.24, 2.45) is 0 Å². The lowest BCUT2D eigenvalue weighted by atomic mass is 10.1. The predicted molar refractivity (Wildman–Crippen MR) is 102 cm³/mol. The Labute approximate surface area is 159 Å². The Balaban J connectivity index is 1.60. The number of nitro benzene ring substituents is 1. The van der Waals surface area contributed by atoms with Gasteiger partial charge in [0.15, 0.2) is 0 Å². The van der Waals surface area contributed by atoms with Gasteiger partial charge in [-0.2, -0.15) is 0 Å². The Morgan fingerprint density at radius 2 is 2.04 bits per heavy atom. The third-order valence-corrected chi connectivity index (χ3v) is 4.47. The van der Waals surface area contributed by atoms with Crippen molar-refractivity contribution in [1.29, 1.82) is 0 Å². The highest BCUT2D eigenvalue weighted by atomic mass is 32.2. The summed E-state index contributed by atoms with van der Waals surface area (Å²) in [4.78, 5) is 22.4. The van der Waals surface area contributed by atoms with Crippen LogP contribution in [-0.2, 0) is 11.2 Å². The van der Waals surface area contributed by atoms with Gasteiger partial charge in [-0.15, -0.1) is 10.2 Å². The van der Waals surface area contributed by atoms with Crippen molar-refractivity contribution in [2.75, 3.05) is 11.1 Å². The maximum atomic E-state index is 12.1. The molecule has 0 radical (unpaired) electrons. The standard InChI is InChI=1S/C18H16N4O4S/c1-2-12-5-3-7-14(9-12)19-16(23)11-27-18-21-20-17(26-18)13-6-4-8-15(10-13)22(24)25/h3-10H,2,11H2,1H3,(H,19,23). The van der Waals surface area contributed by atoms with E-state index in [1.165, 1.54) is 12.1 Å². The Bertz CT molecular complexity index is 973. The Morgan fingerprint density at radius 1 is 1.22 bits per heavy atom. The van der Waals surface area contributed by atoms with E-state index in [1.54, 1.807) is 12.1 Å². The molecule has 0 atom stereocenters. The number of rotatable bonds is 7. The molecule has 0 saturated heterocycles. The molecule has 0 aliphatic heterocycles. The van der Waals surface area contributed by atoms with E-state index in [0.29, 0.717) is 5.56 Å². The second kappa shape index (κ2) is 8.45. The Hall–Kier alpha value is -3.20. The summed E-state index contributed by atoms with van der Waals surface area (Å²) in [6.07, 6.45) is 0.890. The number of benzene rings is 2. The number of nitro groups is 1. The molecule has 1 aromatic heterocycles. The van der Waals surface area contributed by atoms with E-state index in [0.717, 1.165) is 29.4 Å². The van der Waals surface area contributed by atoms with Crippen LogP contribution >= 0.6 is 11.8 Å². The van der Waals surface area contributed by atoms with Crippen molar-refractivity contribution in [2.45, 2.75) is 18.6 Å². The zero-order chi connectivity index (χ0) is 19.2. The van der Waals surface area contributed by atoms with Crippen molar-refractivity contribution in [3.05, 3.63) is 64.2 Å². The number of aromatic nitrogens is 2. The largest absolute Gasteiger partial charge is 0.411 e. The van der Waals surface area contributed by atoms with Crippen LogP contribution in [0.25, 0.3) is 11.5 Å². The van der Waals surface area contributed by atoms with Crippen molar-refractivity contribution >= 4 is 29.0 Å². The number of aryl methyl sites for hydroxylation is 1. The summed E-state index contributed by atoms with van der Waals surface area (Å²) in [5.41, 5.74) is 2.26. The van der Waals surface area contributed by atoms with Crippen molar-refractivity contribution in [3.63, 3.8) is 0 Å². The quantitative estimate of drug-likeness (QED) is 0.373. The molecule has 27 heavy (non-hydrogen) atoms. The lowest BCUT2D eigenvalue weighted by Crippen LogP contribution is -2.14. The van der Waals surface area contributed by atoms with Gasteiger partial charge >= 0.3 is 0 Å². The summed E-state index contributed by atoms with van der Waals surface area (Å²) in [7, 11) is 0. The third-order valence-electron chi connectivity index (χ3n) is 3.66. The van der Waals surface area contributed by atoms with Crippen molar-refractivity contribution in [3.8, 4) is 11.5 Å². The maximum Gasteiger partial charge on any atom is 0.277 e. The third kappa shape index (κ3) is 4.91. The highest BCUT2D eigenvalue weighted by Crippen LogP contribution is 2.26. The fraction of sp³-hybridized carbons (Fsp3) is 0.167. The SMILES string of the molecule is CCc1cccc(NC(=O)CSc2nnc(-c3cccc([N+](=O)[O-])c3)o2)c1. The van der Waals surface area contributed by atoms with Gasteiger partial charge in [0, 0.05) is 23.4 Å². The molecule has 0 aliphatic rings. The highest BCUT2D eigenvalue weighted by Gasteiger charge is 2.14. The van der Waals surface area contributed by atoms with Gasteiger partial charge in [-0.05, 0) is 30.2 Å². The summed E-state index contributed by atoms with van der Waals surface area (Å²) in [5, 5.41) is 21.6. The van der Waals surface area contributed by atoms with Gasteiger partial charge < -0.3 is 9.73 Å². The Kier molecular flexibility index (Phi) is 5.82. The number of non-ortho nitro benzene ring substituents is 1. The number of carbonyl (C=O) groups excluding carboxylic acids is 1. The van der Waals surface area contributed by atoms with E-state index in [1.807, 2.05) is 31.2 Å². The number of nitrogens with zero attached hydrogens (tertiary/aromatic N) is 3. The van der Waals surface area contributed by atoms with E-state index in [-0.39, 0.29) is 28.5 Å². The van der Waals surface area contributed by atoms with Crippen molar-refractivity contribution < 1.29 is 14.1 Å². The van der Waals surface area contributed by atoms with Crippen molar-refractivity contribution in [1.82, 2.24) is 10.2 Å². The summed E-state index contributed by atoms with van der Waals surface area (Å²) in [5.74, 6) is 0.0769. The molecule has 9 heteroatoms. The fourth-order valence-corrected chi connectivity index (χ4v) is 2.89. The molecule has 0 fully saturated rings. The van der Waals surface area contributed by atoms with Gasteiger partial charge in [0.25, 0.3) is 10.9 Å². The van der Waals surface area contributed by atoms with Crippen LogP contribution < -0.4 is 5.32 Å². The minimum atomic E-state index is -0.493. The monoisotopic (exact) mass is 384 g/mol. The maximum absolute atomic E-state index is 12.1. The number of hydrogen-bond donors (Lipinski definition) is 1. The first kappa shape index (κ1) is 18.6. The minimum Gasteiger partial charge on any atom is -0.411 e. The van der Waals surface area contributed by atoms with Crippen LogP contribution in [-0.4, -0.2) is 26.8 Å². The lowest BCUT2D eigenvalue weighted by Gasteiger charge is -2.05. The molecule has 1 heterocycles. The van der Waals surface area contributed by atoms with Gasteiger partial charge in [-0.1, -0.05) is 36.9 Å². The Morgan fingerprint density at radius 3 is 2.81 bits per heavy atom. The number of thioether (sulfide) groups is 1. The molecule has 0 saturated carbocycles. The molecule has 1 N–H and O–H groups in total. The molecule has 3 aromatic rings. The van der Waals surface area contributed by atoms with E-state index < -0.39 is 4.92 Å². The minimum absolute atomic E-state index is 0.0615. The predicted octanol–water partition coefficient (Wildman–Crippen LogP) is 3.94. The number of amides is 1. The van der Waals surface area contributed by atoms with E-state index >= 15 is 0 Å². The van der Waals surface area contributed by atoms with Gasteiger partial charge in [0.2, 0.25) is 11.8 Å². The van der Waals surface area contributed by atoms with Crippen LogP contribution in [0.1, 0.15) is 12.5 Å². The van der Waals surface area contributed by atoms with Gasteiger partial charge in [0.05, 0.1) is 10.7 Å². The molecule has 0 spiro atoms. The molecule has 1 amide bonds. The van der Waals surface area contributed by atoms with Crippen LogP contribution in [0.15, 0.2) is 58.2 Å². The van der Waals surface area contributed by atoms with E-state index in [4.69, 9.17) is 4.42 Å². The van der Waals surface area contributed by atoms with Crippen LogP contribution in [0.3, 0.4) is 0 Å². The van der Waals surface area contributed by atoms with E-state index in [9.17, 15) is 14.9 Å². The molecule has 8 nitrogen and oxygen atoms in total. The first-order chi connectivity index (χ1) is 13.0. The van der Waals surface area contributed by atoms with Gasteiger partial charge in [0.1, 0.15) is 0 Å². The first-order valence-corrected chi connectivity index (χ1v) is 9.13. The number of hydrogen-bond acceptors (Lipinski definition) is 7. The van der Waals surface area contributed by atoms with Crippen LogP contribution in [0.2, 0.25) is 0 Å². The molecule has 0 aliphatic carbocycles. The van der Waals surface area contributed by atoms with Crippen LogP contribution in [0.4, 0.5) is 11.4 Å². The molecule has 0 unspecified atom stereocenters. The average Bonchev–Trinajstić information content (AvgIpc) is 3.16. The molecule has 3 rings (SSSR count). The number of anilines is 1. The van der Waals surface area contributed by atoms with E-state index in [2.05, 4.69) is 15.5 Å².